The Bertz CT molecular complexity index is 991. The lowest BCUT2D eigenvalue weighted by atomic mass is 9.92. The molecule has 148 valence electrons. The van der Waals surface area contributed by atoms with Crippen molar-refractivity contribution in [2.75, 3.05) is 0 Å². The number of nitrogens with one attached hydrogen (secondary N) is 1. The van der Waals surface area contributed by atoms with Crippen LogP contribution in [0.5, 0.6) is 5.75 Å². The number of carboxylic acids is 1. The average Bonchev–Trinajstić information content (AvgIpc) is 3.17. The van der Waals surface area contributed by atoms with Crippen LogP contribution >= 0.6 is 0 Å². The largest absolute Gasteiger partial charge is 0.489 e. The number of hydrogen-bond donors (Lipinski definition) is 3. The first-order valence-electron chi connectivity index (χ1n) is 9.12. The van der Waals surface area contributed by atoms with Gasteiger partial charge in [0.1, 0.15) is 11.9 Å². The zero-order valence-electron chi connectivity index (χ0n) is 15.0. The molecule has 1 aliphatic carbocycles. The van der Waals surface area contributed by atoms with E-state index in [1.165, 1.54) is 12.1 Å². The van der Waals surface area contributed by atoms with Crippen LogP contribution in [0.1, 0.15) is 29.9 Å². The maximum atomic E-state index is 12.8. The van der Waals surface area contributed by atoms with Gasteiger partial charge >= 0.3 is 5.97 Å². The maximum absolute atomic E-state index is 12.8. The number of aryl methyl sites for hydroxylation is 1. The second kappa shape index (κ2) is 7.20. The summed E-state index contributed by atoms with van der Waals surface area (Å²) in [6, 6.07) is 12.8. The van der Waals surface area contributed by atoms with Crippen molar-refractivity contribution in [1.29, 1.82) is 0 Å². The van der Waals surface area contributed by atoms with Crippen LogP contribution in [0.4, 0.5) is 0 Å². The van der Waals surface area contributed by atoms with E-state index in [0.29, 0.717) is 18.6 Å². The number of aliphatic hydroxyl groups excluding tert-OH is 1. The maximum Gasteiger partial charge on any atom is 0.303 e. The number of sulfonamides is 1. The Morgan fingerprint density at radius 1 is 1.14 bits per heavy atom. The number of rotatable bonds is 6. The number of carboxylic acid groups (broad SMARTS) is 1. The summed E-state index contributed by atoms with van der Waals surface area (Å²) in [5.41, 5.74) is 1.60. The van der Waals surface area contributed by atoms with E-state index >= 15 is 0 Å². The zero-order chi connectivity index (χ0) is 19.9. The highest BCUT2D eigenvalue weighted by molar-refractivity contribution is 7.89. The SMILES string of the molecule is O=C(O)CCc1cccc2c1OC1CC(O)C(NS(=O)(=O)c3ccccc3)C21. The van der Waals surface area contributed by atoms with Crippen molar-refractivity contribution >= 4 is 16.0 Å². The summed E-state index contributed by atoms with van der Waals surface area (Å²) >= 11 is 0. The lowest BCUT2D eigenvalue weighted by molar-refractivity contribution is -0.136. The van der Waals surface area contributed by atoms with Gasteiger partial charge in [-0.1, -0.05) is 36.4 Å². The summed E-state index contributed by atoms with van der Waals surface area (Å²) in [7, 11) is -3.79. The third-order valence-corrected chi connectivity index (χ3v) is 6.86. The predicted octanol–water partition coefficient (Wildman–Crippen LogP) is 1.66. The minimum Gasteiger partial charge on any atom is -0.489 e. The Hall–Kier alpha value is -2.42. The zero-order valence-corrected chi connectivity index (χ0v) is 15.8. The Labute approximate surface area is 163 Å². The molecule has 2 aromatic carbocycles. The minimum absolute atomic E-state index is 0.0121. The molecule has 1 aliphatic heterocycles. The molecular formula is C20H21NO6S. The highest BCUT2D eigenvalue weighted by Crippen LogP contribution is 2.49. The normalized spacial score (nSPS) is 25.8. The average molecular weight is 403 g/mol. The van der Waals surface area contributed by atoms with E-state index in [1.807, 2.05) is 18.2 Å². The van der Waals surface area contributed by atoms with Gasteiger partial charge in [0, 0.05) is 24.3 Å². The number of carbonyl (C=O) groups is 1. The van der Waals surface area contributed by atoms with E-state index in [9.17, 15) is 18.3 Å². The molecular weight excluding hydrogens is 382 g/mol. The summed E-state index contributed by atoms with van der Waals surface area (Å²) in [6.07, 6.45) is -0.591. The topological polar surface area (TPSA) is 113 Å². The smallest absolute Gasteiger partial charge is 0.303 e. The molecule has 1 saturated carbocycles. The second-order valence-corrected chi connectivity index (χ2v) is 8.89. The Morgan fingerprint density at radius 2 is 1.89 bits per heavy atom. The highest BCUT2D eigenvalue weighted by Gasteiger charge is 2.51. The molecule has 1 fully saturated rings. The quantitative estimate of drug-likeness (QED) is 0.676. The first-order valence-corrected chi connectivity index (χ1v) is 10.6. The van der Waals surface area contributed by atoms with Crippen LogP contribution in [-0.4, -0.2) is 42.8 Å². The van der Waals surface area contributed by atoms with E-state index in [4.69, 9.17) is 9.84 Å². The van der Waals surface area contributed by atoms with Gasteiger partial charge in [0.15, 0.2) is 0 Å². The number of aliphatic carboxylic acids is 1. The minimum atomic E-state index is -3.79. The van der Waals surface area contributed by atoms with Gasteiger partial charge in [0.2, 0.25) is 10.0 Å². The Kier molecular flexibility index (Phi) is 4.86. The van der Waals surface area contributed by atoms with Crippen LogP contribution in [0, 0.1) is 0 Å². The van der Waals surface area contributed by atoms with Gasteiger partial charge in [-0.25, -0.2) is 13.1 Å². The van der Waals surface area contributed by atoms with Crippen molar-refractivity contribution < 1.29 is 28.2 Å². The number of aliphatic hydroxyl groups is 1. The molecule has 3 N–H and O–H groups in total. The molecule has 1 heterocycles. The van der Waals surface area contributed by atoms with Crippen LogP contribution < -0.4 is 9.46 Å². The number of hydrogen-bond acceptors (Lipinski definition) is 5. The summed E-state index contributed by atoms with van der Waals surface area (Å²) in [5.74, 6) is -0.595. The van der Waals surface area contributed by atoms with Crippen molar-refractivity contribution in [1.82, 2.24) is 4.72 Å². The molecule has 2 aromatic rings. The van der Waals surface area contributed by atoms with Crippen molar-refractivity contribution in [2.45, 2.75) is 48.3 Å². The van der Waals surface area contributed by atoms with Gasteiger partial charge in [-0.3, -0.25) is 4.79 Å². The number of para-hydroxylation sites is 1. The predicted molar refractivity (Wildman–Crippen MR) is 101 cm³/mol. The molecule has 2 aliphatic rings. The molecule has 0 bridgehead atoms. The third kappa shape index (κ3) is 3.39. The second-order valence-electron chi connectivity index (χ2n) is 7.17. The van der Waals surface area contributed by atoms with Gasteiger partial charge in [-0.15, -0.1) is 0 Å². The van der Waals surface area contributed by atoms with E-state index in [0.717, 1.165) is 11.1 Å². The van der Waals surface area contributed by atoms with E-state index in [-0.39, 0.29) is 23.3 Å². The summed E-state index contributed by atoms with van der Waals surface area (Å²) in [4.78, 5) is 11.0. The van der Waals surface area contributed by atoms with Gasteiger partial charge in [0.05, 0.1) is 17.0 Å². The number of fused-ring (bicyclic) bond motifs is 3. The van der Waals surface area contributed by atoms with Crippen LogP contribution in [-0.2, 0) is 21.2 Å². The van der Waals surface area contributed by atoms with Crippen molar-refractivity contribution in [3.8, 4) is 5.75 Å². The van der Waals surface area contributed by atoms with Crippen molar-refractivity contribution in [3.05, 3.63) is 59.7 Å². The molecule has 4 atom stereocenters. The fraction of sp³-hybridized carbons (Fsp3) is 0.350. The lowest BCUT2D eigenvalue weighted by Crippen LogP contribution is -2.43. The molecule has 0 amide bonds. The fourth-order valence-corrected chi connectivity index (χ4v) is 5.43. The third-order valence-electron chi connectivity index (χ3n) is 5.38. The van der Waals surface area contributed by atoms with Crippen LogP contribution in [0.2, 0.25) is 0 Å². The molecule has 4 unspecified atom stereocenters. The van der Waals surface area contributed by atoms with Crippen molar-refractivity contribution in [2.24, 2.45) is 0 Å². The van der Waals surface area contributed by atoms with E-state index in [2.05, 4.69) is 4.72 Å². The van der Waals surface area contributed by atoms with E-state index < -0.39 is 28.1 Å². The van der Waals surface area contributed by atoms with Crippen molar-refractivity contribution in [3.63, 3.8) is 0 Å². The summed E-state index contributed by atoms with van der Waals surface area (Å²) in [5, 5.41) is 19.4. The van der Waals surface area contributed by atoms with E-state index in [1.54, 1.807) is 18.2 Å². The van der Waals surface area contributed by atoms with Gasteiger partial charge in [0.25, 0.3) is 0 Å². The number of ether oxygens (including phenoxy) is 1. The Balaban J connectivity index is 1.63. The van der Waals surface area contributed by atoms with Gasteiger partial charge < -0.3 is 14.9 Å². The molecule has 0 aromatic heterocycles. The van der Waals surface area contributed by atoms with Gasteiger partial charge in [-0.2, -0.15) is 0 Å². The Morgan fingerprint density at radius 3 is 2.61 bits per heavy atom. The van der Waals surface area contributed by atoms with Crippen LogP contribution in [0.3, 0.4) is 0 Å². The standard InChI is InChI=1S/C20H21NO6S/c22-15-11-16-18(19(15)21-28(25,26)13-6-2-1-3-7-13)14-8-4-5-12(20(14)27-16)9-10-17(23)24/h1-8,15-16,18-19,21-22H,9-11H2,(H,23,24). The molecule has 0 spiro atoms. The molecule has 0 radical (unpaired) electrons. The molecule has 4 rings (SSSR count). The fourth-order valence-electron chi connectivity index (χ4n) is 4.12. The lowest BCUT2D eigenvalue weighted by Gasteiger charge is -2.22. The molecule has 28 heavy (non-hydrogen) atoms. The summed E-state index contributed by atoms with van der Waals surface area (Å²) < 4.78 is 34.2. The molecule has 7 nitrogen and oxygen atoms in total. The van der Waals surface area contributed by atoms with Crippen LogP contribution in [0.15, 0.2) is 53.4 Å². The molecule has 8 heteroatoms. The highest BCUT2D eigenvalue weighted by atomic mass is 32.2. The summed E-state index contributed by atoms with van der Waals surface area (Å²) in [6.45, 7) is 0. The molecule has 0 saturated heterocycles. The van der Waals surface area contributed by atoms with Crippen LogP contribution in [0.25, 0.3) is 0 Å². The first-order chi connectivity index (χ1) is 13.4. The first kappa shape index (κ1) is 18.9. The monoisotopic (exact) mass is 403 g/mol. The number of benzene rings is 2. The van der Waals surface area contributed by atoms with Gasteiger partial charge in [-0.05, 0) is 24.1 Å².